The third-order valence-corrected chi connectivity index (χ3v) is 2.96. The zero-order valence-electron chi connectivity index (χ0n) is 11.5. The fourth-order valence-electron chi connectivity index (χ4n) is 1.92. The van der Waals surface area contributed by atoms with Crippen LogP contribution in [-0.4, -0.2) is 17.0 Å². The van der Waals surface area contributed by atoms with Gasteiger partial charge in [0, 0.05) is 24.4 Å². The number of anilines is 1. The molecule has 19 heavy (non-hydrogen) atoms. The van der Waals surface area contributed by atoms with Crippen LogP contribution in [0.15, 0.2) is 24.3 Å². The van der Waals surface area contributed by atoms with Gasteiger partial charge in [0.15, 0.2) is 5.82 Å². The van der Waals surface area contributed by atoms with E-state index < -0.39 is 0 Å². The Hall–Kier alpha value is -1.97. The maximum absolute atomic E-state index is 13.3. The van der Waals surface area contributed by atoms with Gasteiger partial charge in [-0.25, -0.2) is 14.4 Å². The first-order valence-corrected chi connectivity index (χ1v) is 6.46. The number of nitrogens with zero attached hydrogens (tertiary/aromatic N) is 2. The van der Waals surface area contributed by atoms with Gasteiger partial charge in [0.1, 0.15) is 11.6 Å². The van der Waals surface area contributed by atoms with E-state index in [1.54, 1.807) is 19.1 Å². The largest absolute Gasteiger partial charge is 0.373 e. The first kappa shape index (κ1) is 13.5. The van der Waals surface area contributed by atoms with E-state index in [-0.39, 0.29) is 5.82 Å². The van der Waals surface area contributed by atoms with Gasteiger partial charge in [-0.1, -0.05) is 13.3 Å². The number of hydrogen-bond acceptors (Lipinski definition) is 3. The lowest BCUT2D eigenvalue weighted by atomic mass is 10.1. The summed E-state index contributed by atoms with van der Waals surface area (Å²) in [6.45, 7) is 3.86. The van der Waals surface area contributed by atoms with Crippen LogP contribution in [0.3, 0.4) is 0 Å². The van der Waals surface area contributed by atoms with Crippen molar-refractivity contribution in [3.63, 3.8) is 0 Å². The minimum Gasteiger partial charge on any atom is -0.373 e. The molecule has 0 radical (unpaired) electrons. The van der Waals surface area contributed by atoms with Crippen LogP contribution in [0.25, 0.3) is 11.4 Å². The number of rotatable bonds is 4. The van der Waals surface area contributed by atoms with Gasteiger partial charge in [0.25, 0.3) is 0 Å². The van der Waals surface area contributed by atoms with Crippen molar-refractivity contribution in [1.29, 1.82) is 0 Å². The highest BCUT2D eigenvalue weighted by Crippen LogP contribution is 2.21. The molecule has 0 bridgehead atoms. The number of nitrogens with one attached hydrogen (secondary N) is 1. The second-order valence-corrected chi connectivity index (χ2v) is 4.53. The second-order valence-electron chi connectivity index (χ2n) is 4.53. The normalized spacial score (nSPS) is 10.5. The molecule has 0 saturated heterocycles. The van der Waals surface area contributed by atoms with Crippen LogP contribution in [0.5, 0.6) is 0 Å². The zero-order chi connectivity index (χ0) is 13.8. The van der Waals surface area contributed by atoms with Gasteiger partial charge >= 0.3 is 0 Å². The van der Waals surface area contributed by atoms with E-state index >= 15 is 0 Å². The molecular formula is C15H18FN3. The van der Waals surface area contributed by atoms with Crippen molar-refractivity contribution < 1.29 is 4.39 Å². The summed E-state index contributed by atoms with van der Waals surface area (Å²) in [7, 11) is 1.83. The number of benzene rings is 1. The van der Waals surface area contributed by atoms with Crippen molar-refractivity contribution in [3.8, 4) is 11.4 Å². The van der Waals surface area contributed by atoms with E-state index in [2.05, 4.69) is 22.2 Å². The van der Waals surface area contributed by atoms with Crippen molar-refractivity contribution >= 4 is 5.82 Å². The minimum absolute atomic E-state index is 0.206. The summed E-state index contributed by atoms with van der Waals surface area (Å²) in [4.78, 5) is 8.97. The lowest BCUT2D eigenvalue weighted by molar-refractivity contribution is 0.618. The average Bonchev–Trinajstić information content (AvgIpc) is 2.42. The topological polar surface area (TPSA) is 37.8 Å². The molecule has 0 saturated carbocycles. The SMILES string of the molecule is CCCc1cc(NC)nc(-c2ccc(F)c(C)c2)n1. The van der Waals surface area contributed by atoms with Crippen LogP contribution in [0, 0.1) is 12.7 Å². The van der Waals surface area contributed by atoms with Gasteiger partial charge in [-0.05, 0) is 37.1 Å². The van der Waals surface area contributed by atoms with Crippen LogP contribution in [0.2, 0.25) is 0 Å². The molecule has 1 heterocycles. The summed E-state index contributed by atoms with van der Waals surface area (Å²) in [5.74, 6) is 1.22. The fraction of sp³-hybridized carbons (Fsp3) is 0.333. The quantitative estimate of drug-likeness (QED) is 0.911. The predicted octanol–water partition coefficient (Wildman–Crippen LogP) is 3.59. The minimum atomic E-state index is -0.206. The monoisotopic (exact) mass is 259 g/mol. The molecule has 0 fully saturated rings. The molecule has 0 unspecified atom stereocenters. The highest BCUT2D eigenvalue weighted by molar-refractivity contribution is 5.58. The summed E-state index contributed by atoms with van der Waals surface area (Å²) in [5, 5.41) is 3.04. The summed E-state index contributed by atoms with van der Waals surface area (Å²) >= 11 is 0. The van der Waals surface area contributed by atoms with Gasteiger partial charge in [-0.2, -0.15) is 0 Å². The summed E-state index contributed by atoms with van der Waals surface area (Å²) in [6, 6.07) is 6.90. The van der Waals surface area contributed by atoms with E-state index in [9.17, 15) is 4.39 Å². The van der Waals surface area contributed by atoms with Crippen LogP contribution in [0.4, 0.5) is 10.2 Å². The number of aryl methyl sites for hydroxylation is 2. The molecule has 2 rings (SSSR count). The molecule has 1 N–H and O–H groups in total. The molecule has 0 amide bonds. The number of hydrogen-bond donors (Lipinski definition) is 1. The van der Waals surface area contributed by atoms with E-state index in [1.165, 1.54) is 6.07 Å². The molecule has 2 aromatic rings. The molecule has 3 nitrogen and oxygen atoms in total. The second kappa shape index (κ2) is 5.78. The standard InChI is InChI=1S/C15H18FN3/c1-4-5-12-9-14(17-3)19-15(18-12)11-6-7-13(16)10(2)8-11/h6-9H,4-5H2,1-3H3,(H,17,18,19). The van der Waals surface area contributed by atoms with Crippen molar-refractivity contribution in [2.75, 3.05) is 12.4 Å². The zero-order valence-corrected chi connectivity index (χ0v) is 11.5. The molecule has 0 atom stereocenters. The van der Waals surface area contributed by atoms with Crippen LogP contribution < -0.4 is 5.32 Å². The van der Waals surface area contributed by atoms with Gasteiger partial charge in [-0.15, -0.1) is 0 Å². The lowest BCUT2D eigenvalue weighted by Crippen LogP contribution is -2.01. The smallest absolute Gasteiger partial charge is 0.161 e. The highest BCUT2D eigenvalue weighted by Gasteiger charge is 2.08. The molecule has 0 aliphatic rings. The highest BCUT2D eigenvalue weighted by atomic mass is 19.1. The summed E-state index contributed by atoms with van der Waals surface area (Å²) in [6.07, 6.45) is 1.94. The Morgan fingerprint density at radius 3 is 2.63 bits per heavy atom. The van der Waals surface area contributed by atoms with Gasteiger partial charge in [-0.3, -0.25) is 0 Å². The van der Waals surface area contributed by atoms with E-state index in [1.807, 2.05) is 13.1 Å². The Morgan fingerprint density at radius 2 is 2.00 bits per heavy atom. The maximum atomic E-state index is 13.3. The molecule has 4 heteroatoms. The molecule has 0 spiro atoms. The first-order valence-electron chi connectivity index (χ1n) is 6.46. The Kier molecular flexibility index (Phi) is 4.10. The van der Waals surface area contributed by atoms with Crippen molar-refractivity contribution in [1.82, 2.24) is 9.97 Å². The average molecular weight is 259 g/mol. The third-order valence-electron chi connectivity index (χ3n) is 2.96. The Morgan fingerprint density at radius 1 is 1.21 bits per heavy atom. The molecule has 100 valence electrons. The van der Waals surface area contributed by atoms with E-state index in [4.69, 9.17) is 0 Å². The third kappa shape index (κ3) is 3.08. The summed E-state index contributed by atoms with van der Waals surface area (Å²) < 4.78 is 13.3. The van der Waals surface area contributed by atoms with Crippen molar-refractivity contribution in [2.45, 2.75) is 26.7 Å². The molecule has 1 aromatic heterocycles. The van der Waals surface area contributed by atoms with E-state index in [0.29, 0.717) is 11.4 Å². The molecule has 0 aliphatic carbocycles. The van der Waals surface area contributed by atoms with Gasteiger partial charge in [0.05, 0.1) is 0 Å². The Labute approximate surface area is 112 Å². The van der Waals surface area contributed by atoms with Crippen LogP contribution >= 0.6 is 0 Å². The first-order chi connectivity index (χ1) is 9.13. The predicted molar refractivity (Wildman–Crippen MR) is 75.7 cm³/mol. The number of aromatic nitrogens is 2. The molecule has 1 aromatic carbocycles. The maximum Gasteiger partial charge on any atom is 0.161 e. The van der Waals surface area contributed by atoms with Crippen molar-refractivity contribution in [3.05, 3.63) is 41.3 Å². The molecule has 0 aliphatic heterocycles. The Bertz CT molecular complexity index is 582. The van der Waals surface area contributed by atoms with Gasteiger partial charge in [0.2, 0.25) is 0 Å². The fourth-order valence-corrected chi connectivity index (χ4v) is 1.92. The number of halogens is 1. The lowest BCUT2D eigenvalue weighted by Gasteiger charge is -2.08. The molecular weight excluding hydrogens is 241 g/mol. The van der Waals surface area contributed by atoms with Gasteiger partial charge < -0.3 is 5.32 Å². The van der Waals surface area contributed by atoms with E-state index in [0.717, 1.165) is 29.9 Å². The Balaban J connectivity index is 2.47. The van der Waals surface area contributed by atoms with Crippen molar-refractivity contribution in [2.24, 2.45) is 0 Å². The summed E-state index contributed by atoms with van der Waals surface area (Å²) in [5.41, 5.74) is 2.44. The van der Waals surface area contributed by atoms with Crippen LogP contribution in [-0.2, 0) is 6.42 Å². The van der Waals surface area contributed by atoms with Crippen LogP contribution in [0.1, 0.15) is 24.6 Å².